The van der Waals surface area contributed by atoms with Gasteiger partial charge in [0.05, 0.1) is 37.2 Å². The second kappa shape index (κ2) is 8.16. The monoisotopic (exact) mass is 357 g/mol. The fourth-order valence-electron chi connectivity index (χ4n) is 2.79. The molecule has 0 aliphatic carbocycles. The molecule has 1 fully saturated rings. The Morgan fingerprint density at radius 2 is 2.08 bits per heavy atom. The third kappa shape index (κ3) is 4.50. The quantitative estimate of drug-likeness (QED) is 0.860. The van der Waals surface area contributed by atoms with Gasteiger partial charge in [-0.3, -0.25) is 4.98 Å². The largest absolute Gasteiger partial charge is 0.454 e. The van der Waals surface area contributed by atoms with Gasteiger partial charge in [0.2, 0.25) is 0 Å². The van der Waals surface area contributed by atoms with Gasteiger partial charge in [-0.1, -0.05) is 12.1 Å². The molecular formula is C19H23N3O4. The average Bonchev–Trinajstić information content (AvgIpc) is 2.98. The van der Waals surface area contributed by atoms with Crippen molar-refractivity contribution in [3.05, 3.63) is 48.8 Å². The number of nitrogens with one attached hydrogen (secondary N) is 1. The van der Waals surface area contributed by atoms with E-state index in [1.165, 1.54) is 0 Å². The van der Waals surface area contributed by atoms with Crippen LogP contribution in [0.3, 0.4) is 0 Å². The molecule has 138 valence electrons. The van der Waals surface area contributed by atoms with Crippen LogP contribution < -0.4 is 10.1 Å². The number of para-hydroxylation sites is 2. The zero-order valence-electron chi connectivity index (χ0n) is 14.8. The Bertz CT molecular complexity index is 739. The van der Waals surface area contributed by atoms with Crippen LogP contribution in [-0.2, 0) is 4.74 Å². The molecule has 0 radical (unpaired) electrons. The molecule has 0 saturated carbocycles. The van der Waals surface area contributed by atoms with Gasteiger partial charge >= 0.3 is 6.03 Å². The van der Waals surface area contributed by atoms with E-state index in [1.807, 2.05) is 26.0 Å². The standard InChI is InChI=1S/C19H23N3O4/c1-13(2)25-18-12-22(11-16(18)23)19(24)21-15-7-3-4-8-17(15)26-14-6-5-9-20-10-14/h3-10,13,16,18,23H,11-12H2,1-2H3,(H,21,24)/t16-,18-/m1/s1. The molecule has 26 heavy (non-hydrogen) atoms. The Hall–Kier alpha value is -2.64. The number of β-amino-alcohol motifs (C(OH)–C–C–N with tert-alkyl or cyclic N) is 1. The summed E-state index contributed by atoms with van der Waals surface area (Å²) in [6, 6.07) is 10.4. The van der Waals surface area contributed by atoms with E-state index in [0.717, 1.165) is 0 Å². The molecule has 1 aromatic carbocycles. The van der Waals surface area contributed by atoms with E-state index >= 15 is 0 Å². The number of anilines is 1. The van der Waals surface area contributed by atoms with Crippen molar-refractivity contribution in [1.29, 1.82) is 0 Å². The molecule has 1 aliphatic rings. The number of pyridine rings is 1. The molecule has 3 rings (SSSR count). The summed E-state index contributed by atoms with van der Waals surface area (Å²) < 4.78 is 11.5. The highest BCUT2D eigenvalue weighted by Gasteiger charge is 2.35. The van der Waals surface area contributed by atoms with Crippen LogP contribution in [0, 0.1) is 0 Å². The molecular weight excluding hydrogens is 334 g/mol. The van der Waals surface area contributed by atoms with Gasteiger partial charge in [-0.25, -0.2) is 4.79 Å². The van der Waals surface area contributed by atoms with Gasteiger partial charge in [-0.15, -0.1) is 0 Å². The molecule has 2 aromatic rings. The maximum absolute atomic E-state index is 12.6. The van der Waals surface area contributed by atoms with Crippen molar-refractivity contribution in [3.63, 3.8) is 0 Å². The molecule has 2 amide bonds. The number of likely N-dealkylation sites (tertiary alicyclic amines) is 1. The van der Waals surface area contributed by atoms with Crippen molar-refractivity contribution in [2.75, 3.05) is 18.4 Å². The Morgan fingerprint density at radius 1 is 1.27 bits per heavy atom. The second-order valence-electron chi connectivity index (χ2n) is 6.41. The van der Waals surface area contributed by atoms with Crippen LogP contribution in [0.1, 0.15) is 13.8 Å². The number of urea groups is 1. The molecule has 2 heterocycles. The van der Waals surface area contributed by atoms with Gasteiger partial charge in [0.1, 0.15) is 11.9 Å². The Morgan fingerprint density at radius 3 is 2.81 bits per heavy atom. The van der Waals surface area contributed by atoms with Crippen molar-refractivity contribution < 1.29 is 19.4 Å². The number of benzene rings is 1. The molecule has 1 aliphatic heterocycles. The fourth-order valence-corrected chi connectivity index (χ4v) is 2.79. The zero-order valence-corrected chi connectivity index (χ0v) is 14.8. The minimum Gasteiger partial charge on any atom is -0.454 e. The third-order valence-electron chi connectivity index (χ3n) is 3.96. The Labute approximate surface area is 152 Å². The Balaban J connectivity index is 1.67. The lowest BCUT2D eigenvalue weighted by atomic mass is 10.2. The number of amides is 2. The van der Waals surface area contributed by atoms with Crippen molar-refractivity contribution >= 4 is 11.7 Å². The van der Waals surface area contributed by atoms with Crippen LogP contribution in [-0.4, -0.2) is 52.4 Å². The summed E-state index contributed by atoms with van der Waals surface area (Å²) in [7, 11) is 0. The van der Waals surface area contributed by atoms with Crippen molar-refractivity contribution in [2.45, 2.75) is 32.2 Å². The average molecular weight is 357 g/mol. The summed E-state index contributed by atoms with van der Waals surface area (Å²) in [6.45, 7) is 4.38. The molecule has 2 N–H and O–H groups in total. The summed E-state index contributed by atoms with van der Waals surface area (Å²) in [4.78, 5) is 18.1. The highest BCUT2D eigenvalue weighted by Crippen LogP contribution is 2.29. The number of rotatable bonds is 5. The molecule has 0 unspecified atom stereocenters. The number of aromatic nitrogens is 1. The predicted octanol–water partition coefficient (Wildman–Crippen LogP) is 2.88. The first kappa shape index (κ1) is 18.2. The molecule has 7 heteroatoms. The van der Waals surface area contributed by atoms with Crippen LogP contribution in [0.4, 0.5) is 10.5 Å². The van der Waals surface area contributed by atoms with Crippen LogP contribution >= 0.6 is 0 Å². The minimum absolute atomic E-state index is 0.00808. The van der Waals surface area contributed by atoms with Gasteiger partial charge in [0, 0.05) is 6.20 Å². The summed E-state index contributed by atoms with van der Waals surface area (Å²) in [5, 5.41) is 12.9. The lowest BCUT2D eigenvalue weighted by molar-refractivity contribution is -0.0393. The molecule has 2 atom stereocenters. The van der Waals surface area contributed by atoms with Gasteiger partial charge in [0.15, 0.2) is 5.75 Å². The second-order valence-corrected chi connectivity index (χ2v) is 6.41. The van der Waals surface area contributed by atoms with Crippen LogP contribution in [0.2, 0.25) is 0 Å². The molecule has 1 saturated heterocycles. The predicted molar refractivity (Wildman–Crippen MR) is 97.4 cm³/mol. The molecule has 0 spiro atoms. The Kier molecular flexibility index (Phi) is 5.70. The van der Waals surface area contributed by atoms with Crippen molar-refractivity contribution in [3.8, 4) is 11.5 Å². The number of hydrogen-bond donors (Lipinski definition) is 2. The molecule has 1 aromatic heterocycles. The van der Waals surface area contributed by atoms with Gasteiger partial charge in [-0.05, 0) is 38.1 Å². The van der Waals surface area contributed by atoms with Crippen LogP contribution in [0.25, 0.3) is 0 Å². The van der Waals surface area contributed by atoms with Gasteiger partial charge in [0.25, 0.3) is 0 Å². The highest BCUT2D eigenvalue weighted by molar-refractivity contribution is 5.91. The lowest BCUT2D eigenvalue weighted by Gasteiger charge is -2.19. The third-order valence-corrected chi connectivity index (χ3v) is 3.96. The van der Waals surface area contributed by atoms with E-state index in [-0.39, 0.29) is 24.8 Å². The van der Waals surface area contributed by atoms with E-state index in [2.05, 4.69) is 10.3 Å². The number of aliphatic hydroxyl groups excluding tert-OH is 1. The van der Waals surface area contributed by atoms with Crippen molar-refractivity contribution in [1.82, 2.24) is 9.88 Å². The highest BCUT2D eigenvalue weighted by atomic mass is 16.5. The number of carbonyl (C=O) groups excluding carboxylic acids is 1. The van der Waals surface area contributed by atoms with E-state index < -0.39 is 6.10 Å². The first-order chi connectivity index (χ1) is 12.5. The summed E-state index contributed by atoms with van der Waals surface area (Å²) in [5.74, 6) is 1.10. The summed E-state index contributed by atoms with van der Waals surface area (Å²) >= 11 is 0. The van der Waals surface area contributed by atoms with E-state index in [1.54, 1.807) is 41.6 Å². The summed E-state index contributed by atoms with van der Waals surface area (Å²) in [5.41, 5.74) is 0.545. The smallest absolute Gasteiger partial charge is 0.322 e. The molecule has 0 bridgehead atoms. The topological polar surface area (TPSA) is 83.9 Å². The van der Waals surface area contributed by atoms with E-state index in [9.17, 15) is 9.90 Å². The SMILES string of the molecule is CC(C)O[C@@H]1CN(C(=O)Nc2ccccc2Oc2cccnc2)C[C@H]1O. The number of hydrogen-bond acceptors (Lipinski definition) is 5. The van der Waals surface area contributed by atoms with Gasteiger partial charge < -0.3 is 24.8 Å². The number of carbonyl (C=O) groups is 1. The van der Waals surface area contributed by atoms with Gasteiger partial charge in [-0.2, -0.15) is 0 Å². The van der Waals surface area contributed by atoms with Crippen LogP contribution in [0.5, 0.6) is 11.5 Å². The maximum atomic E-state index is 12.6. The summed E-state index contributed by atoms with van der Waals surface area (Å²) in [6.07, 6.45) is 2.19. The number of ether oxygens (including phenoxy) is 2. The first-order valence-corrected chi connectivity index (χ1v) is 8.59. The zero-order chi connectivity index (χ0) is 18.5. The molecule has 7 nitrogen and oxygen atoms in total. The van der Waals surface area contributed by atoms with Crippen LogP contribution in [0.15, 0.2) is 48.8 Å². The van der Waals surface area contributed by atoms with Crippen molar-refractivity contribution in [2.24, 2.45) is 0 Å². The number of aliphatic hydroxyl groups is 1. The fraction of sp³-hybridized carbons (Fsp3) is 0.368. The normalized spacial score (nSPS) is 19.6. The van der Waals surface area contributed by atoms with E-state index in [4.69, 9.17) is 9.47 Å². The maximum Gasteiger partial charge on any atom is 0.322 e. The lowest BCUT2D eigenvalue weighted by Crippen LogP contribution is -2.34. The minimum atomic E-state index is -0.690. The number of nitrogens with zero attached hydrogens (tertiary/aromatic N) is 2. The van der Waals surface area contributed by atoms with E-state index in [0.29, 0.717) is 23.7 Å². The first-order valence-electron chi connectivity index (χ1n) is 8.59.